The van der Waals surface area contributed by atoms with E-state index in [1.54, 1.807) is 0 Å². The van der Waals surface area contributed by atoms with Crippen LogP contribution in [-0.2, 0) is 41.1 Å². The van der Waals surface area contributed by atoms with Gasteiger partial charge in [-0.15, -0.1) is 0 Å². The third-order valence-corrected chi connectivity index (χ3v) is 11.4. The molecule has 6 nitrogen and oxygen atoms in total. The van der Waals surface area contributed by atoms with Gasteiger partial charge in [0.1, 0.15) is 22.2 Å². The number of hydrogen-bond acceptors (Lipinski definition) is 5. The van der Waals surface area contributed by atoms with Crippen molar-refractivity contribution in [2.75, 3.05) is 26.3 Å². The molecule has 1 aliphatic heterocycles. The standard InChI is InChI=1S/C32H28F9NO5S/c33-23-8-10-24(11-9-23)48(44,45)29(13-12-20(18-29)28(43)42-14-16-46-17-15-42)21-4-6-22(7-5-21)30(31(36,37)38,32(39,40)41)47-19-25-26(34)2-1-3-27(25)35/h1-11,20H,12-19H2/t20-,29+/m1/s1. The number of alkyl halides is 6. The van der Waals surface area contributed by atoms with Crippen LogP contribution in [0.4, 0.5) is 39.5 Å². The number of ether oxygens (including phenoxy) is 2. The molecule has 260 valence electrons. The van der Waals surface area contributed by atoms with Crippen molar-refractivity contribution in [1.82, 2.24) is 4.90 Å². The predicted octanol–water partition coefficient (Wildman–Crippen LogP) is 6.97. The van der Waals surface area contributed by atoms with Crippen LogP contribution in [0.3, 0.4) is 0 Å². The first-order chi connectivity index (χ1) is 22.4. The summed E-state index contributed by atoms with van der Waals surface area (Å²) in [5, 5.41) is 0. The van der Waals surface area contributed by atoms with Gasteiger partial charge in [0.05, 0.1) is 24.7 Å². The van der Waals surface area contributed by atoms with E-state index in [0.29, 0.717) is 24.3 Å². The van der Waals surface area contributed by atoms with Gasteiger partial charge in [0.15, 0.2) is 9.84 Å². The average Bonchev–Trinajstić information content (AvgIpc) is 3.49. The van der Waals surface area contributed by atoms with Gasteiger partial charge in [0.25, 0.3) is 5.60 Å². The monoisotopic (exact) mass is 709 g/mol. The van der Waals surface area contributed by atoms with Crippen molar-refractivity contribution in [2.24, 2.45) is 5.92 Å². The summed E-state index contributed by atoms with van der Waals surface area (Å²) < 4.78 is 165. The molecule has 0 spiro atoms. The Bertz CT molecular complexity index is 1710. The number of carbonyl (C=O) groups excluding carboxylic acids is 1. The number of nitrogens with zero attached hydrogens (tertiary/aromatic N) is 1. The molecule has 0 N–H and O–H groups in total. The minimum absolute atomic E-state index is 0.0186. The van der Waals surface area contributed by atoms with Gasteiger partial charge in [-0.05, 0) is 61.2 Å². The van der Waals surface area contributed by atoms with Crippen LogP contribution in [-0.4, -0.2) is 57.9 Å². The maximum Gasteiger partial charge on any atom is 0.430 e. The Morgan fingerprint density at radius 3 is 1.96 bits per heavy atom. The van der Waals surface area contributed by atoms with Crippen molar-refractivity contribution in [3.05, 3.63) is 101 Å². The highest BCUT2D eigenvalue weighted by Gasteiger charge is 2.73. The molecule has 2 fully saturated rings. The fraction of sp³-hybridized carbons (Fsp3) is 0.406. The third-order valence-electron chi connectivity index (χ3n) is 8.89. The van der Waals surface area contributed by atoms with Gasteiger partial charge in [-0.1, -0.05) is 30.3 Å². The number of hydrogen-bond donors (Lipinski definition) is 0. The molecule has 0 bridgehead atoms. The summed E-state index contributed by atoms with van der Waals surface area (Å²) in [5.41, 5.74) is -8.00. The normalized spacial score (nSPS) is 21.0. The molecule has 1 amide bonds. The second kappa shape index (κ2) is 13.0. The number of benzene rings is 3. The fourth-order valence-corrected chi connectivity index (χ4v) is 8.56. The molecule has 1 aliphatic carbocycles. The van der Waals surface area contributed by atoms with Gasteiger partial charge >= 0.3 is 12.4 Å². The van der Waals surface area contributed by atoms with Gasteiger partial charge in [0, 0.05) is 30.1 Å². The van der Waals surface area contributed by atoms with Crippen molar-refractivity contribution < 1.29 is 62.2 Å². The highest BCUT2D eigenvalue weighted by Crippen LogP contribution is 2.55. The van der Waals surface area contributed by atoms with Gasteiger partial charge in [-0.2, -0.15) is 26.3 Å². The first kappa shape index (κ1) is 35.7. The zero-order chi connectivity index (χ0) is 35.1. The molecule has 2 atom stereocenters. The van der Waals surface area contributed by atoms with Crippen LogP contribution in [0.25, 0.3) is 0 Å². The first-order valence-electron chi connectivity index (χ1n) is 14.6. The van der Waals surface area contributed by atoms with Crippen LogP contribution < -0.4 is 0 Å². The molecule has 1 heterocycles. The van der Waals surface area contributed by atoms with E-state index in [0.717, 1.165) is 42.5 Å². The van der Waals surface area contributed by atoms with Gasteiger partial charge in [-0.3, -0.25) is 4.79 Å². The minimum atomic E-state index is -6.21. The van der Waals surface area contributed by atoms with Crippen molar-refractivity contribution in [3.63, 3.8) is 0 Å². The quantitative estimate of drug-likeness (QED) is 0.187. The first-order valence-corrected chi connectivity index (χ1v) is 16.1. The third kappa shape index (κ3) is 6.17. The van der Waals surface area contributed by atoms with Gasteiger partial charge < -0.3 is 14.4 Å². The van der Waals surface area contributed by atoms with Crippen LogP contribution in [0.15, 0.2) is 71.6 Å². The summed E-state index contributed by atoms with van der Waals surface area (Å²) >= 11 is 0. The molecule has 1 saturated carbocycles. The average molecular weight is 710 g/mol. The zero-order valence-electron chi connectivity index (χ0n) is 24.9. The molecule has 5 rings (SSSR count). The summed E-state index contributed by atoms with van der Waals surface area (Å²) in [6.45, 7) is -0.756. The largest absolute Gasteiger partial charge is 0.430 e. The maximum atomic E-state index is 14.5. The lowest BCUT2D eigenvalue weighted by Crippen LogP contribution is -2.56. The van der Waals surface area contributed by atoms with Crippen molar-refractivity contribution in [3.8, 4) is 0 Å². The Morgan fingerprint density at radius 2 is 1.42 bits per heavy atom. The summed E-state index contributed by atoms with van der Waals surface area (Å²) in [4.78, 5) is 14.5. The molecular weight excluding hydrogens is 681 g/mol. The van der Waals surface area contributed by atoms with E-state index in [1.807, 2.05) is 0 Å². The summed E-state index contributed by atoms with van der Waals surface area (Å²) in [6.07, 6.45) is -13.0. The molecule has 3 aromatic rings. The lowest BCUT2D eigenvalue weighted by molar-refractivity contribution is -0.392. The van der Waals surface area contributed by atoms with Crippen molar-refractivity contribution in [1.29, 1.82) is 0 Å². The smallest absolute Gasteiger partial charge is 0.378 e. The Hall–Kier alpha value is -3.63. The number of sulfone groups is 1. The second-order valence-electron chi connectivity index (χ2n) is 11.6. The van der Waals surface area contributed by atoms with Crippen LogP contribution in [0.1, 0.15) is 36.0 Å². The molecule has 1 saturated heterocycles. The van der Waals surface area contributed by atoms with Gasteiger partial charge in [-0.25, -0.2) is 21.6 Å². The molecular formula is C32H28F9NO5S. The zero-order valence-corrected chi connectivity index (χ0v) is 25.7. The predicted molar refractivity (Wildman–Crippen MR) is 151 cm³/mol. The van der Waals surface area contributed by atoms with E-state index in [-0.39, 0.29) is 61.9 Å². The van der Waals surface area contributed by atoms with E-state index in [1.165, 1.54) is 4.90 Å². The van der Waals surface area contributed by atoms with Crippen LogP contribution in [0, 0.1) is 23.4 Å². The van der Waals surface area contributed by atoms with Crippen LogP contribution >= 0.6 is 0 Å². The topological polar surface area (TPSA) is 72.9 Å². The molecule has 0 aromatic heterocycles. The van der Waals surface area contributed by atoms with E-state index in [2.05, 4.69) is 4.74 Å². The SMILES string of the molecule is O=C([C@@H]1CC[C@](c2ccc(C(OCc3c(F)cccc3F)(C(F)(F)F)C(F)(F)F)cc2)(S(=O)(=O)c2ccc(F)cc2)C1)N1CCOCC1. The number of morpholine rings is 1. The molecule has 3 aromatic carbocycles. The lowest BCUT2D eigenvalue weighted by Gasteiger charge is -2.38. The van der Waals surface area contributed by atoms with Gasteiger partial charge in [0.2, 0.25) is 5.91 Å². The number of amides is 1. The minimum Gasteiger partial charge on any atom is -0.378 e. The Kier molecular flexibility index (Phi) is 9.67. The van der Waals surface area contributed by atoms with E-state index >= 15 is 0 Å². The van der Waals surface area contributed by atoms with E-state index in [9.17, 15) is 52.7 Å². The molecule has 16 heteroatoms. The Morgan fingerprint density at radius 1 is 0.854 bits per heavy atom. The lowest BCUT2D eigenvalue weighted by atomic mass is 9.88. The van der Waals surface area contributed by atoms with Crippen LogP contribution in [0.2, 0.25) is 0 Å². The molecule has 48 heavy (non-hydrogen) atoms. The number of rotatable bonds is 8. The highest BCUT2D eigenvalue weighted by atomic mass is 32.2. The Balaban J connectivity index is 1.59. The maximum absolute atomic E-state index is 14.5. The summed E-state index contributed by atoms with van der Waals surface area (Å²) in [6, 6.07) is 8.20. The summed E-state index contributed by atoms with van der Waals surface area (Å²) in [5.74, 6) is -4.88. The van der Waals surface area contributed by atoms with E-state index in [4.69, 9.17) is 4.74 Å². The fourth-order valence-electron chi connectivity index (χ4n) is 6.36. The second-order valence-corrected chi connectivity index (χ2v) is 13.8. The number of carbonyl (C=O) groups is 1. The van der Waals surface area contributed by atoms with Crippen LogP contribution in [0.5, 0.6) is 0 Å². The molecule has 2 aliphatic rings. The molecule has 0 radical (unpaired) electrons. The Labute approximate surface area is 269 Å². The van der Waals surface area contributed by atoms with E-state index < -0.39 is 73.6 Å². The number of halogens is 9. The van der Waals surface area contributed by atoms with Crippen molar-refractivity contribution in [2.45, 2.75) is 53.5 Å². The highest BCUT2D eigenvalue weighted by molar-refractivity contribution is 7.92. The van der Waals surface area contributed by atoms with Crippen molar-refractivity contribution >= 4 is 15.7 Å². The molecule has 0 unspecified atom stereocenters. The summed E-state index contributed by atoms with van der Waals surface area (Å²) in [7, 11) is -4.55.